The highest BCUT2D eigenvalue weighted by atomic mass is 32.2. The fraction of sp³-hybridized carbons (Fsp3) is 0.297. The van der Waals surface area contributed by atoms with Gasteiger partial charge in [0.15, 0.2) is 11.5 Å². The van der Waals surface area contributed by atoms with Crippen molar-refractivity contribution in [2.24, 2.45) is 5.92 Å². The summed E-state index contributed by atoms with van der Waals surface area (Å²) in [5, 5.41) is 3.73. The first-order valence-corrected chi connectivity index (χ1v) is 17.0. The SMILES string of the molecule is COc1ccc(C2Nc3ccc(S(=O)(=O)N4CCN(C(c5ccccc5)c5ccccc5)CC4)cc3C3C=CCC32)cc1OC. The van der Waals surface area contributed by atoms with E-state index in [1.165, 1.54) is 11.1 Å². The Kier molecular flexibility index (Phi) is 8.12. The number of fused-ring (bicyclic) bond motifs is 3. The van der Waals surface area contributed by atoms with E-state index in [-0.39, 0.29) is 23.9 Å². The minimum absolute atomic E-state index is 0.0648. The third kappa shape index (κ3) is 5.52. The highest BCUT2D eigenvalue weighted by Crippen LogP contribution is 2.51. The van der Waals surface area contributed by atoms with Crippen molar-refractivity contribution in [1.29, 1.82) is 0 Å². The summed E-state index contributed by atoms with van der Waals surface area (Å²) in [7, 11) is -0.370. The quantitative estimate of drug-likeness (QED) is 0.223. The molecule has 2 aliphatic heterocycles. The average molecular weight is 622 g/mol. The summed E-state index contributed by atoms with van der Waals surface area (Å²) in [6.45, 7) is 2.20. The molecule has 45 heavy (non-hydrogen) atoms. The summed E-state index contributed by atoms with van der Waals surface area (Å²) < 4.78 is 40.8. The first kappa shape index (κ1) is 29.6. The smallest absolute Gasteiger partial charge is 0.243 e. The Hall–Kier alpha value is -4.11. The van der Waals surface area contributed by atoms with Gasteiger partial charge in [0.2, 0.25) is 10.0 Å². The number of hydrogen-bond acceptors (Lipinski definition) is 6. The molecule has 3 unspecified atom stereocenters. The largest absolute Gasteiger partial charge is 0.493 e. The number of allylic oxidation sites excluding steroid dienone is 2. The van der Waals surface area contributed by atoms with Crippen LogP contribution in [0.25, 0.3) is 0 Å². The number of nitrogens with zero attached hydrogens (tertiary/aromatic N) is 2. The van der Waals surface area contributed by atoms with E-state index in [9.17, 15) is 8.42 Å². The molecule has 1 saturated heterocycles. The summed E-state index contributed by atoms with van der Waals surface area (Å²) in [5.74, 6) is 1.80. The maximum atomic E-state index is 14.0. The summed E-state index contributed by atoms with van der Waals surface area (Å²) in [6, 6.07) is 32.8. The Labute approximate surface area is 266 Å². The monoisotopic (exact) mass is 621 g/mol. The highest BCUT2D eigenvalue weighted by Gasteiger charge is 2.40. The molecule has 3 atom stereocenters. The summed E-state index contributed by atoms with van der Waals surface area (Å²) in [4.78, 5) is 2.76. The Morgan fingerprint density at radius 2 is 1.44 bits per heavy atom. The molecule has 0 saturated carbocycles. The predicted octanol–water partition coefficient (Wildman–Crippen LogP) is 6.63. The van der Waals surface area contributed by atoms with Gasteiger partial charge < -0.3 is 14.8 Å². The first-order chi connectivity index (χ1) is 22.0. The van der Waals surface area contributed by atoms with Crippen LogP contribution in [0.4, 0.5) is 5.69 Å². The van der Waals surface area contributed by atoms with Crippen LogP contribution in [0, 0.1) is 5.92 Å². The molecule has 3 aliphatic rings. The number of piperazine rings is 1. The van der Waals surface area contributed by atoms with E-state index in [0.29, 0.717) is 42.6 Å². The van der Waals surface area contributed by atoms with Gasteiger partial charge >= 0.3 is 0 Å². The number of hydrogen-bond donors (Lipinski definition) is 1. The molecule has 4 aromatic carbocycles. The lowest BCUT2D eigenvalue weighted by atomic mass is 9.77. The number of benzene rings is 4. The summed E-state index contributed by atoms with van der Waals surface area (Å²) in [6.07, 6.45) is 5.37. The van der Waals surface area contributed by atoms with Gasteiger partial charge in [0, 0.05) is 37.8 Å². The van der Waals surface area contributed by atoms with E-state index in [0.717, 1.165) is 23.2 Å². The van der Waals surface area contributed by atoms with E-state index in [4.69, 9.17) is 9.47 Å². The molecule has 1 fully saturated rings. The number of sulfonamides is 1. The summed E-state index contributed by atoms with van der Waals surface area (Å²) >= 11 is 0. The fourth-order valence-corrected chi connectivity index (χ4v) is 8.80. The number of rotatable bonds is 8. The predicted molar refractivity (Wildman–Crippen MR) is 177 cm³/mol. The van der Waals surface area contributed by atoms with E-state index < -0.39 is 10.0 Å². The molecule has 7 nitrogen and oxygen atoms in total. The van der Waals surface area contributed by atoms with Gasteiger partial charge in [-0.3, -0.25) is 4.90 Å². The lowest BCUT2D eigenvalue weighted by Gasteiger charge is -2.40. The molecule has 0 aromatic heterocycles. The van der Waals surface area contributed by atoms with Gasteiger partial charge in [0.1, 0.15) is 0 Å². The van der Waals surface area contributed by atoms with Crippen molar-refractivity contribution in [3.63, 3.8) is 0 Å². The van der Waals surface area contributed by atoms with Crippen LogP contribution in [0.1, 0.15) is 46.7 Å². The standard InChI is InChI=1S/C37H39N3O4S/c1-43-34-19-16-28(24-35(34)44-2)36-31-15-9-14-30(31)32-25-29(17-18-33(32)38-36)45(41,42)40-22-20-39(21-23-40)37(26-10-5-3-6-11-26)27-12-7-4-8-13-27/h3-14,16-19,24-25,30-31,36-38H,15,20-23H2,1-2H3. The van der Waals surface area contributed by atoms with Gasteiger partial charge in [0.25, 0.3) is 0 Å². The zero-order chi connectivity index (χ0) is 31.0. The van der Waals surface area contributed by atoms with Gasteiger partial charge in [-0.25, -0.2) is 8.42 Å². The van der Waals surface area contributed by atoms with E-state index in [1.54, 1.807) is 24.6 Å². The van der Waals surface area contributed by atoms with Crippen LogP contribution >= 0.6 is 0 Å². The van der Waals surface area contributed by atoms with Gasteiger partial charge in [-0.2, -0.15) is 4.31 Å². The van der Waals surface area contributed by atoms with E-state index >= 15 is 0 Å². The van der Waals surface area contributed by atoms with Crippen molar-refractivity contribution in [3.8, 4) is 11.5 Å². The fourth-order valence-electron chi connectivity index (χ4n) is 7.35. The number of anilines is 1. The van der Waals surface area contributed by atoms with Gasteiger partial charge in [-0.05, 0) is 64.9 Å². The van der Waals surface area contributed by atoms with Crippen molar-refractivity contribution >= 4 is 15.7 Å². The minimum Gasteiger partial charge on any atom is -0.493 e. The molecule has 2 heterocycles. The van der Waals surface area contributed by atoms with Gasteiger partial charge in [-0.1, -0.05) is 78.9 Å². The highest BCUT2D eigenvalue weighted by molar-refractivity contribution is 7.89. The Morgan fingerprint density at radius 3 is 2.09 bits per heavy atom. The Balaban J connectivity index is 1.12. The zero-order valence-electron chi connectivity index (χ0n) is 25.7. The van der Waals surface area contributed by atoms with Crippen molar-refractivity contribution in [2.75, 3.05) is 45.7 Å². The van der Waals surface area contributed by atoms with Crippen LogP contribution < -0.4 is 14.8 Å². The molecule has 0 spiro atoms. The molecular formula is C37H39N3O4S. The molecule has 4 aromatic rings. The van der Waals surface area contributed by atoms with Gasteiger partial charge in [0.05, 0.1) is 31.2 Å². The second-order valence-corrected chi connectivity index (χ2v) is 13.9. The van der Waals surface area contributed by atoms with Crippen LogP contribution in [-0.4, -0.2) is 58.0 Å². The molecular weight excluding hydrogens is 582 g/mol. The van der Waals surface area contributed by atoms with Crippen LogP contribution in [0.15, 0.2) is 114 Å². The first-order valence-electron chi connectivity index (χ1n) is 15.6. The van der Waals surface area contributed by atoms with Crippen LogP contribution in [0.3, 0.4) is 0 Å². The molecule has 1 aliphatic carbocycles. The average Bonchev–Trinajstić information content (AvgIpc) is 3.59. The second-order valence-electron chi connectivity index (χ2n) is 12.0. The Bertz CT molecular complexity index is 1750. The number of nitrogens with one attached hydrogen (secondary N) is 1. The number of ether oxygens (including phenoxy) is 2. The lowest BCUT2D eigenvalue weighted by molar-refractivity contribution is 0.156. The van der Waals surface area contributed by atoms with Crippen molar-refractivity contribution < 1.29 is 17.9 Å². The van der Waals surface area contributed by atoms with E-state index in [1.807, 2.05) is 36.4 Å². The zero-order valence-corrected chi connectivity index (χ0v) is 26.5. The maximum absolute atomic E-state index is 14.0. The second kappa shape index (κ2) is 12.4. The molecule has 0 amide bonds. The third-order valence-electron chi connectivity index (χ3n) is 9.61. The van der Waals surface area contributed by atoms with E-state index in [2.05, 4.69) is 77.0 Å². The maximum Gasteiger partial charge on any atom is 0.243 e. The molecule has 8 heteroatoms. The number of methoxy groups -OCH3 is 2. The molecule has 7 rings (SSSR count). The molecule has 1 N–H and O–H groups in total. The van der Waals surface area contributed by atoms with Crippen LogP contribution in [-0.2, 0) is 10.0 Å². The molecule has 232 valence electrons. The minimum atomic E-state index is -3.66. The van der Waals surface area contributed by atoms with Crippen molar-refractivity contribution in [3.05, 3.63) is 131 Å². The molecule has 0 bridgehead atoms. The topological polar surface area (TPSA) is 71.1 Å². The van der Waals surface area contributed by atoms with Crippen molar-refractivity contribution in [2.45, 2.75) is 29.3 Å². The normalized spacial score (nSPS) is 21.6. The van der Waals surface area contributed by atoms with Crippen LogP contribution in [0.2, 0.25) is 0 Å². The Morgan fingerprint density at radius 1 is 0.778 bits per heavy atom. The lowest BCUT2D eigenvalue weighted by Crippen LogP contribution is -2.49. The van der Waals surface area contributed by atoms with Crippen LogP contribution in [0.5, 0.6) is 11.5 Å². The summed E-state index contributed by atoms with van der Waals surface area (Å²) in [5.41, 5.74) is 5.56. The van der Waals surface area contributed by atoms with Crippen molar-refractivity contribution in [1.82, 2.24) is 9.21 Å². The third-order valence-corrected chi connectivity index (χ3v) is 11.5. The van der Waals surface area contributed by atoms with Gasteiger partial charge in [-0.15, -0.1) is 0 Å². The molecule has 0 radical (unpaired) electrons.